The van der Waals surface area contributed by atoms with Crippen molar-refractivity contribution >= 4 is 27.3 Å². The van der Waals surface area contributed by atoms with Crippen molar-refractivity contribution in [3.8, 4) is 0 Å². The monoisotopic (exact) mass is 434 g/mol. The van der Waals surface area contributed by atoms with Gasteiger partial charge in [-0.25, -0.2) is 8.42 Å². The van der Waals surface area contributed by atoms with E-state index in [4.69, 9.17) is 0 Å². The molecule has 1 heterocycles. The van der Waals surface area contributed by atoms with Crippen molar-refractivity contribution in [2.75, 3.05) is 9.62 Å². The quantitative estimate of drug-likeness (QED) is 0.610. The van der Waals surface area contributed by atoms with Crippen molar-refractivity contribution in [1.29, 1.82) is 0 Å². The van der Waals surface area contributed by atoms with Gasteiger partial charge in [0, 0.05) is 17.8 Å². The number of carbonyl (C=O) groups is 1. The Morgan fingerprint density at radius 3 is 2.48 bits per heavy atom. The first-order valence-electron chi connectivity index (χ1n) is 10.3. The molecule has 3 aromatic carbocycles. The summed E-state index contributed by atoms with van der Waals surface area (Å²) in [6.07, 6.45) is 1.02. The Kier molecular flexibility index (Phi) is 5.83. The molecule has 1 N–H and O–H groups in total. The molecule has 5 nitrogen and oxygen atoms in total. The Bertz CT molecular complexity index is 1220. The number of hydrogen-bond donors (Lipinski definition) is 1. The average Bonchev–Trinajstić information content (AvgIpc) is 2.73. The van der Waals surface area contributed by atoms with Crippen molar-refractivity contribution < 1.29 is 13.2 Å². The number of sulfonamides is 1. The summed E-state index contributed by atoms with van der Waals surface area (Å²) in [5.41, 5.74) is 6.19. The zero-order valence-corrected chi connectivity index (χ0v) is 18.6. The minimum atomic E-state index is -3.56. The number of nitrogens with one attached hydrogen (secondary N) is 1. The van der Waals surface area contributed by atoms with Crippen LogP contribution in [0.15, 0.2) is 66.7 Å². The highest BCUT2D eigenvalue weighted by atomic mass is 32.2. The molecule has 1 aliphatic heterocycles. The second-order valence-electron chi connectivity index (χ2n) is 8.10. The van der Waals surface area contributed by atoms with Crippen molar-refractivity contribution in [3.05, 3.63) is 94.5 Å². The van der Waals surface area contributed by atoms with E-state index in [1.807, 2.05) is 74.5 Å². The molecular weight excluding hydrogens is 408 g/mol. The molecule has 0 saturated heterocycles. The summed E-state index contributed by atoms with van der Waals surface area (Å²) >= 11 is 0. The van der Waals surface area contributed by atoms with Crippen LogP contribution in [0.1, 0.15) is 34.2 Å². The van der Waals surface area contributed by atoms with Crippen molar-refractivity contribution in [2.45, 2.75) is 39.0 Å². The van der Waals surface area contributed by atoms with Crippen LogP contribution in [-0.4, -0.2) is 14.3 Å². The van der Waals surface area contributed by atoms with Gasteiger partial charge in [0.25, 0.3) is 0 Å². The number of carbonyl (C=O) groups excluding carboxylic acids is 1. The summed E-state index contributed by atoms with van der Waals surface area (Å²) in [6.45, 7) is 4.38. The molecule has 0 saturated carbocycles. The maximum atomic E-state index is 12.8. The predicted molar refractivity (Wildman–Crippen MR) is 125 cm³/mol. The molecule has 0 bridgehead atoms. The SMILES string of the molecule is Cc1ccc(C)c(CS(=O)(=O)Nc2ccc3c(c2)CCC(=O)N3Cc2ccccc2)c1. The molecule has 0 aliphatic carbocycles. The fraction of sp³-hybridized carbons (Fsp3) is 0.240. The van der Waals surface area contributed by atoms with E-state index in [0.29, 0.717) is 25.1 Å². The molecular formula is C25H26N2O3S. The topological polar surface area (TPSA) is 66.5 Å². The first kappa shape index (κ1) is 21.1. The summed E-state index contributed by atoms with van der Waals surface area (Å²) in [5, 5.41) is 0. The van der Waals surface area contributed by atoms with Crippen LogP contribution < -0.4 is 9.62 Å². The van der Waals surface area contributed by atoms with Gasteiger partial charge in [-0.15, -0.1) is 0 Å². The van der Waals surface area contributed by atoms with E-state index in [-0.39, 0.29) is 11.7 Å². The fourth-order valence-corrected chi connectivity index (χ4v) is 5.22. The summed E-state index contributed by atoms with van der Waals surface area (Å²) in [6, 6.07) is 21.1. The average molecular weight is 435 g/mol. The molecule has 3 aromatic rings. The Hall–Kier alpha value is -3.12. The standard InChI is InChI=1S/C25H26N2O3S/c1-18-8-9-19(2)22(14-18)17-31(29,30)26-23-11-12-24-21(15-23)10-13-25(28)27(24)16-20-6-4-3-5-7-20/h3-9,11-12,14-15,26H,10,13,16-17H2,1-2H3. The molecule has 0 spiro atoms. The Morgan fingerprint density at radius 1 is 0.935 bits per heavy atom. The third kappa shape index (κ3) is 4.97. The van der Waals surface area contributed by atoms with Crippen molar-refractivity contribution in [2.24, 2.45) is 0 Å². The number of hydrogen-bond acceptors (Lipinski definition) is 3. The number of fused-ring (bicyclic) bond motifs is 1. The number of nitrogens with zero attached hydrogens (tertiary/aromatic N) is 1. The van der Waals surface area contributed by atoms with Gasteiger partial charge in [-0.3, -0.25) is 9.52 Å². The van der Waals surface area contributed by atoms with Gasteiger partial charge in [0.05, 0.1) is 12.3 Å². The van der Waals surface area contributed by atoms with E-state index in [0.717, 1.165) is 33.5 Å². The van der Waals surface area contributed by atoms with E-state index in [1.54, 1.807) is 11.0 Å². The Morgan fingerprint density at radius 2 is 1.71 bits per heavy atom. The van der Waals surface area contributed by atoms with Gasteiger partial charge < -0.3 is 4.90 Å². The minimum absolute atomic E-state index is 0.0732. The van der Waals surface area contributed by atoms with Gasteiger partial charge in [0.15, 0.2) is 0 Å². The maximum Gasteiger partial charge on any atom is 0.236 e. The molecule has 0 radical (unpaired) electrons. The lowest BCUT2D eigenvalue weighted by molar-refractivity contribution is -0.119. The first-order valence-corrected chi connectivity index (χ1v) is 12.0. The van der Waals surface area contributed by atoms with E-state index in [1.165, 1.54) is 0 Å². The lowest BCUT2D eigenvalue weighted by atomic mass is 10.00. The van der Waals surface area contributed by atoms with Gasteiger partial charge in [-0.05, 0) is 60.7 Å². The van der Waals surface area contributed by atoms with Gasteiger partial charge in [-0.2, -0.15) is 0 Å². The van der Waals surface area contributed by atoms with Crippen LogP contribution in [0, 0.1) is 13.8 Å². The molecule has 31 heavy (non-hydrogen) atoms. The van der Waals surface area contributed by atoms with Gasteiger partial charge in [0.2, 0.25) is 15.9 Å². The van der Waals surface area contributed by atoms with Crippen LogP contribution in [0.2, 0.25) is 0 Å². The molecule has 0 atom stereocenters. The van der Waals surface area contributed by atoms with Gasteiger partial charge in [-0.1, -0.05) is 54.1 Å². The lowest BCUT2D eigenvalue weighted by Gasteiger charge is -2.30. The smallest absolute Gasteiger partial charge is 0.236 e. The third-order valence-electron chi connectivity index (χ3n) is 5.59. The second kappa shape index (κ2) is 8.55. The van der Waals surface area contributed by atoms with Gasteiger partial charge in [0.1, 0.15) is 0 Å². The number of amides is 1. The summed E-state index contributed by atoms with van der Waals surface area (Å²) in [4.78, 5) is 14.3. The maximum absolute atomic E-state index is 12.8. The van der Waals surface area contributed by atoms with Crippen LogP contribution in [0.25, 0.3) is 0 Å². The normalized spacial score (nSPS) is 13.7. The van der Waals surface area contributed by atoms with Crippen LogP contribution in [-0.2, 0) is 33.5 Å². The van der Waals surface area contributed by atoms with E-state index in [9.17, 15) is 13.2 Å². The number of anilines is 2. The molecule has 4 rings (SSSR count). The summed E-state index contributed by atoms with van der Waals surface area (Å²) in [5.74, 6) is 0.00977. The third-order valence-corrected chi connectivity index (χ3v) is 6.82. The molecule has 1 amide bonds. The Labute approximate surface area is 183 Å². The highest BCUT2D eigenvalue weighted by molar-refractivity contribution is 7.91. The summed E-state index contributed by atoms with van der Waals surface area (Å²) in [7, 11) is -3.56. The molecule has 0 unspecified atom stereocenters. The van der Waals surface area contributed by atoms with Crippen LogP contribution in [0.3, 0.4) is 0 Å². The molecule has 6 heteroatoms. The zero-order chi connectivity index (χ0) is 22.0. The number of rotatable bonds is 6. The number of benzene rings is 3. The van der Waals surface area contributed by atoms with E-state index < -0.39 is 10.0 Å². The van der Waals surface area contributed by atoms with Gasteiger partial charge >= 0.3 is 0 Å². The van der Waals surface area contributed by atoms with E-state index >= 15 is 0 Å². The predicted octanol–water partition coefficient (Wildman–Crippen LogP) is 4.72. The van der Waals surface area contributed by atoms with Crippen LogP contribution in [0.5, 0.6) is 0 Å². The highest BCUT2D eigenvalue weighted by Crippen LogP contribution is 2.32. The van der Waals surface area contributed by atoms with Crippen LogP contribution in [0.4, 0.5) is 11.4 Å². The lowest BCUT2D eigenvalue weighted by Crippen LogP contribution is -2.34. The van der Waals surface area contributed by atoms with Crippen molar-refractivity contribution in [1.82, 2.24) is 0 Å². The van der Waals surface area contributed by atoms with Crippen molar-refractivity contribution in [3.63, 3.8) is 0 Å². The van der Waals surface area contributed by atoms with Crippen LogP contribution >= 0.6 is 0 Å². The Balaban J connectivity index is 1.55. The second-order valence-corrected chi connectivity index (χ2v) is 9.82. The fourth-order valence-electron chi connectivity index (χ4n) is 3.94. The molecule has 1 aliphatic rings. The first-order chi connectivity index (χ1) is 14.8. The summed E-state index contributed by atoms with van der Waals surface area (Å²) < 4.78 is 28.3. The largest absolute Gasteiger partial charge is 0.308 e. The zero-order valence-electron chi connectivity index (χ0n) is 17.8. The number of aryl methyl sites for hydroxylation is 3. The highest BCUT2D eigenvalue weighted by Gasteiger charge is 2.25. The molecule has 0 aromatic heterocycles. The molecule has 0 fully saturated rings. The molecule has 160 valence electrons. The minimum Gasteiger partial charge on any atom is -0.308 e. The van der Waals surface area contributed by atoms with E-state index in [2.05, 4.69) is 4.72 Å².